The standard InChI is InChI=1S/C6H13B2/c1-4-6(3,5-2)8-7/h4-5H2,1-3H3. The van der Waals surface area contributed by atoms with E-state index in [4.69, 9.17) is 7.74 Å². The molecule has 0 saturated heterocycles. The third-order valence-corrected chi connectivity index (χ3v) is 2.02. The first-order valence-corrected chi connectivity index (χ1v) is 3.24. The Bertz CT molecular complexity index is 49.3. The molecular weight excluding hydrogens is 93.7 g/mol. The van der Waals surface area contributed by atoms with Gasteiger partial charge >= 0.3 is 0 Å². The van der Waals surface area contributed by atoms with Crippen LogP contribution in [-0.2, 0) is 0 Å². The quantitative estimate of drug-likeness (QED) is 0.482. The van der Waals surface area contributed by atoms with E-state index in [2.05, 4.69) is 20.8 Å². The van der Waals surface area contributed by atoms with E-state index in [0.29, 0.717) is 0 Å². The fraction of sp³-hybridized carbons (Fsp3) is 1.00. The fourth-order valence-corrected chi connectivity index (χ4v) is 0.486. The highest BCUT2D eigenvalue weighted by atomic mass is 14.1. The van der Waals surface area contributed by atoms with E-state index in [0.717, 1.165) is 12.8 Å². The lowest BCUT2D eigenvalue weighted by Gasteiger charge is -2.23. The first-order valence-electron chi connectivity index (χ1n) is 3.24. The molecule has 2 heteroatoms. The van der Waals surface area contributed by atoms with E-state index in [1.54, 1.807) is 7.17 Å². The molecule has 0 atom stereocenters. The Balaban J connectivity index is 3.58. The number of hydrogen-bond acceptors (Lipinski definition) is 0. The molecule has 0 aromatic carbocycles. The van der Waals surface area contributed by atoms with Crippen LogP contribution in [0.25, 0.3) is 0 Å². The molecule has 0 aromatic heterocycles. The van der Waals surface area contributed by atoms with Gasteiger partial charge in [0.15, 0.2) is 0 Å². The van der Waals surface area contributed by atoms with Crippen molar-refractivity contribution in [1.82, 2.24) is 0 Å². The molecule has 43 valence electrons. The lowest BCUT2D eigenvalue weighted by atomic mass is 9.38. The molecule has 0 fully saturated rings. The lowest BCUT2D eigenvalue weighted by Crippen LogP contribution is -2.14. The molecule has 0 aliphatic heterocycles. The minimum Gasteiger partial charge on any atom is -0.0702 e. The van der Waals surface area contributed by atoms with Crippen molar-refractivity contribution < 1.29 is 0 Å². The van der Waals surface area contributed by atoms with E-state index in [1.807, 2.05) is 0 Å². The predicted octanol–water partition coefficient (Wildman–Crippen LogP) is 1.77. The largest absolute Gasteiger partial charge is 0.0702 e. The molecule has 0 heterocycles. The van der Waals surface area contributed by atoms with Crippen LogP contribution in [0.4, 0.5) is 0 Å². The van der Waals surface area contributed by atoms with Crippen LogP contribution >= 0.6 is 0 Å². The van der Waals surface area contributed by atoms with Crippen molar-refractivity contribution in [3.63, 3.8) is 0 Å². The first kappa shape index (κ1) is 8.13. The van der Waals surface area contributed by atoms with Gasteiger partial charge in [-0.15, -0.1) is 0 Å². The molecule has 8 heavy (non-hydrogen) atoms. The molecule has 0 aliphatic carbocycles. The molecule has 0 aromatic rings. The maximum atomic E-state index is 5.40. The summed E-state index contributed by atoms with van der Waals surface area (Å²) in [4.78, 5) is 0. The van der Waals surface area contributed by atoms with Gasteiger partial charge in [0.25, 0.3) is 0 Å². The van der Waals surface area contributed by atoms with E-state index in [-0.39, 0.29) is 5.31 Å². The summed E-state index contributed by atoms with van der Waals surface area (Å²) in [5, 5.41) is 0.278. The Morgan fingerprint density at radius 3 is 1.75 bits per heavy atom. The normalized spacial score (nSPS) is 11.4. The summed E-state index contributed by atoms with van der Waals surface area (Å²) >= 11 is 0. The van der Waals surface area contributed by atoms with Crippen molar-refractivity contribution in [3.05, 3.63) is 0 Å². The van der Waals surface area contributed by atoms with Gasteiger partial charge < -0.3 is 0 Å². The molecule has 0 N–H and O–H groups in total. The average Bonchev–Trinajstić information content (AvgIpc) is 1.87. The fourth-order valence-electron chi connectivity index (χ4n) is 0.486. The molecule has 0 rings (SSSR count). The van der Waals surface area contributed by atoms with Gasteiger partial charge in [0.1, 0.15) is 0 Å². The molecule has 3 radical (unpaired) electrons. The second-order valence-corrected chi connectivity index (χ2v) is 2.53. The smallest absolute Gasteiger partial charge is 0.0626 e. The van der Waals surface area contributed by atoms with E-state index >= 15 is 0 Å². The Labute approximate surface area is 54.7 Å². The van der Waals surface area contributed by atoms with Crippen LogP contribution in [0.5, 0.6) is 0 Å². The summed E-state index contributed by atoms with van der Waals surface area (Å²) in [5.41, 5.74) is 0. The highest BCUT2D eigenvalue weighted by Gasteiger charge is 2.15. The Hall–Kier alpha value is 0.130. The predicted molar refractivity (Wildman–Crippen MR) is 40.5 cm³/mol. The topological polar surface area (TPSA) is 0 Å². The Morgan fingerprint density at radius 1 is 1.38 bits per heavy atom. The van der Waals surface area contributed by atoms with Crippen LogP contribution in [0.1, 0.15) is 33.6 Å². The zero-order chi connectivity index (χ0) is 6.62. The van der Waals surface area contributed by atoms with Crippen LogP contribution in [0, 0.1) is 0 Å². The third kappa shape index (κ3) is 1.94. The summed E-state index contributed by atoms with van der Waals surface area (Å²) in [5.74, 6) is 0. The molecule has 0 saturated carbocycles. The zero-order valence-corrected chi connectivity index (χ0v) is 6.07. The molecular formula is C6H13B2. The van der Waals surface area contributed by atoms with Crippen molar-refractivity contribution >= 4 is 14.9 Å². The molecule has 0 bridgehead atoms. The highest BCUT2D eigenvalue weighted by Crippen LogP contribution is 2.30. The summed E-state index contributed by atoms with van der Waals surface area (Å²) < 4.78 is 0. The zero-order valence-electron chi connectivity index (χ0n) is 6.07. The molecule has 0 spiro atoms. The average molecular weight is 107 g/mol. The first-order chi connectivity index (χ1) is 3.68. The van der Waals surface area contributed by atoms with Crippen LogP contribution in [0.15, 0.2) is 0 Å². The van der Waals surface area contributed by atoms with Crippen molar-refractivity contribution in [3.8, 4) is 0 Å². The lowest BCUT2D eigenvalue weighted by molar-refractivity contribution is 0.568. The van der Waals surface area contributed by atoms with Gasteiger partial charge in [-0.2, -0.15) is 0 Å². The molecule has 0 aliphatic rings. The maximum absolute atomic E-state index is 5.40. The summed E-state index contributed by atoms with van der Waals surface area (Å²) in [6, 6.07) is 0. The van der Waals surface area contributed by atoms with Gasteiger partial charge in [-0.1, -0.05) is 38.9 Å². The van der Waals surface area contributed by atoms with Crippen LogP contribution in [0.2, 0.25) is 5.31 Å². The SMILES string of the molecule is [B][B]C(C)(CC)CC. The van der Waals surface area contributed by atoms with Gasteiger partial charge in [-0.25, -0.2) is 0 Å². The second-order valence-electron chi connectivity index (χ2n) is 2.53. The Morgan fingerprint density at radius 2 is 1.75 bits per heavy atom. The van der Waals surface area contributed by atoms with Gasteiger partial charge in [-0.3, -0.25) is 0 Å². The van der Waals surface area contributed by atoms with Crippen LogP contribution < -0.4 is 0 Å². The van der Waals surface area contributed by atoms with Crippen LogP contribution in [0.3, 0.4) is 0 Å². The minimum atomic E-state index is 0.278. The maximum Gasteiger partial charge on any atom is 0.0626 e. The van der Waals surface area contributed by atoms with Gasteiger partial charge in [0.2, 0.25) is 0 Å². The summed E-state index contributed by atoms with van der Waals surface area (Å²) in [6.45, 7) is 6.49. The summed E-state index contributed by atoms with van der Waals surface area (Å²) in [7, 11) is 7.20. The second kappa shape index (κ2) is 3.21. The monoisotopic (exact) mass is 107 g/mol. The van der Waals surface area contributed by atoms with Crippen LogP contribution in [-0.4, -0.2) is 14.9 Å². The number of hydrogen-bond donors (Lipinski definition) is 0. The number of rotatable bonds is 3. The third-order valence-electron chi connectivity index (χ3n) is 2.02. The van der Waals surface area contributed by atoms with Crippen molar-refractivity contribution in [2.45, 2.75) is 38.9 Å². The molecule has 0 amide bonds. The van der Waals surface area contributed by atoms with Crippen molar-refractivity contribution in [2.24, 2.45) is 0 Å². The van der Waals surface area contributed by atoms with Gasteiger partial charge in [0, 0.05) is 7.74 Å². The van der Waals surface area contributed by atoms with Crippen molar-refractivity contribution in [1.29, 1.82) is 0 Å². The van der Waals surface area contributed by atoms with Gasteiger partial charge in [-0.05, 0) is 0 Å². The highest BCUT2D eigenvalue weighted by molar-refractivity contribution is 6.91. The molecule has 0 nitrogen and oxygen atoms in total. The molecule has 0 unspecified atom stereocenters. The van der Waals surface area contributed by atoms with Crippen molar-refractivity contribution in [2.75, 3.05) is 0 Å². The minimum absolute atomic E-state index is 0.278. The Kier molecular flexibility index (Phi) is 3.27. The van der Waals surface area contributed by atoms with E-state index < -0.39 is 0 Å². The summed E-state index contributed by atoms with van der Waals surface area (Å²) in [6.07, 6.45) is 2.28. The van der Waals surface area contributed by atoms with E-state index in [1.165, 1.54) is 0 Å². The van der Waals surface area contributed by atoms with E-state index in [9.17, 15) is 0 Å². The van der Waals surface area contributed by atoms with Gasteiger partial charge in [0.05, 0.1) is 7.17 Å².